The van der Waals surface area contributed by atoms with Crippen LogP contribution < -0.4 is 4.72 Å². The molecule has 0 aromatic carbocycles. The fourth-order valence-corrected chi connectivity index (χ4v) is 3.94. The summed E-state index contributed by atoms with van der Waals surface area (Å²) in [6.45, 7) is 0. The molecule has 1 fully saturated rings. The van der Waals surface area contributed by atoms with E-state index in [9.17, 15) is 8.42 Å². The molecule has 0 spiro atoms. The van der Waals surface area contributed by atoms with Crippen LogP contribution in [0.1, 0.15) is 19.3 Å². The van der Waals surface area contributed by atoms with E-state index in [1.165, 1.54) is 4.40 Å². The zero-order chi connectivity index (χ0) is 12.8. The largest absolute Gasteiger partial charge is 0.288 e. The number of nitrogens with zero attached hydrogens (tertiary/aromatic N) is 2. The van der Waals surface area contributed by atoms with Gasteiger partial charge in [-0.3, -0.25) is 4.40 Å². The summed E-state index contributed by atoms with van der Waals surface area (Å²) in [7, 11) is -3.62. The Hall–Kier alpha value is -1.11. The van der Waals surface area contributed by atoms with Crippen molar-refractivity contribution in [2.75, 3.05) is 0 Å². The molecule has 1 aliphatic carbocycles. The van der Waals surface area contributed by atoms with Crippen molar-refractivity contribution in [1.29, 1.82) is 0 Å². The van der Waals surface area contributed by atoms with Crippen LogP contribution >= 0.6 is 11.6 Å². The van der Waals surface area contributed by atoms with Crippen LogP contribution in [0, 0.1) is 0 Å². The molecule has 18 heavy (non-hydrogen) atoms. The molecular formula is C11H12ClN3O2S. The van der Waals surface area contributed by atoms with Crippen molar-refractivity contribution < 1.29 is 8.42 Å². The molecule has 2 aromatic rings. The van der Waals surface area contributed by atoms with Crippen LogP contribution in [0.5, 0.6) is 0 Å². The highest BCUT2D eigenvalue weighted by Gasteiger charge is 2.29. The summed E-state index contributed by atoms with van der Waals surface area (Å²) in [4.78, 5) is 4.04. The lowest BCUT2D eigenvalue weighted by molar-refractivity contribution is 0.383. The van der Waals surface area contributed by atoms with Crippen molar-refractivity contribution >= 4 is 27.3 Å². The maximum absolute atomic E-state index is 12.3. The minimum absolute atomic E-state index is 0.00743. The van der Waals surface area contributed by atoms with Crippen molar-refractivity contribution in [3.63, 3.8) is 0 Å². The van der Waals surface area contributed by atoms with Gasteiger partial charge in [-0.25, -0.2) is 18.1 Å². The minimum atomic E-state index is -3.62. The van der Waals surface area contributed by atoms with Crippen molar-refractivity contribution in [3.8, 4) is 0 Å². The number of fused-ring (bicyclic) bond motifs is 1. The lowest BCUT2D eigenvalue weighted by Crippen LogP contribution is -2.39. The first-order valence-electron chi connectivity index (χ1n) is 5.73. The zero-order valence-electron chi connectivity index (χ0n) is 9.51. The van der Waals surface area contributed by atoms with Crippen molar-refractivity contribution in [3.05, 3.63) is 29.5 Å². The molecule has 7 heteroatoms. The van der Waals surface area contributed by atoms with Gasteiger partial charge in [-0.15, -0.1) is 0 Å². The van der Waals surface area contributed by atoms with Gasteiger partial charge in [0.25, 0.3) is 10.0 Å². The smallest absolute Gasteiger partial charge is 0.260 e. The number of aromatic nitrogens is 2. The second-order valence-electron chi connectivity index (χ2n) is 4.39. The molecule has 96 valence electrons. The average molecular weight is 286 g/mol. The quantitative estimate of drug-likeness (QED) is 0.935. The molecule has 0 aliphatic heterocycles. The highest BCUT2D eigenvalue weighted by molar-refractivity contribution is 7.89. The topological polar surface area (TPSA) is 63.5 Å². The maximum atomic E-state index is 12.3. The van der Waals surface area contributed by atoms with E-state index in [2.05, 4.69) is 9.71 Å². The van der Waals surface area contributed by atoms with Gasteiger partial charge in [-0.1, -0.05) is 24.1 Å². The Labute approximate surface area is 110 Å². The Morgan fingerprint density at radius 1 is 1.39 bits per heavy atom. The van der Waals surface area contributed by atoms with E-state index in [1.54, 1.807) is 24.4 Å². The first-order valence-corrected chi connectivity index (χ1v) is 7.59. The standard InChI is InChI=1S/C11H12ClN3O2S/c12-10-11(15-7-2-1-6-9(15)13-10)18(16,17)14-8-4-3-5-8/h1-2,6-8,14H,3-5H2. The number of nitrogens with one attached hydrogen (secondary N) is 1. The molecule has 0 saturated heterocycles. The normalized spacial score (nSPS) is 16.9. The molecule has 0 amide bonds. The van der Waals surface area contributed by atoms with Gasteiger partial charge < -0.3 is 0 Å². The number of sulfonamides is 1. The number of hydrogen-bond donors (Lipinski definition) is 1. The van der Waals surface area contributed by atoms with Gasteiger partial charge in [0.2, 0.25) is 0 Å². The lowest BCUT2D eigenvalue weighted by Gasteiger charge is -2.25. The van der Waals surface area contributed by atoms with Crippen LogP contribution in [0.2, 0.25) is 5.15 Å². The van der Waals surface area contributed by atoms with Gasteiger partial charge in [0.1, 0.15) is 5.65 Å². The number of halogens is 1. The molecule has 2 heterocycles. The minimum Gasteiger partial charge on any atom is -0.288 e. The molecule has 1 saturated carbocycles. The van der Waals surface area contributed by atoms with E-state index in [0.717, 1.165) is 19.3 Å². The molecule has 0 unspecified atom stereocenters. The Balaban J connectivity index is 2.09. The summed E-state index contributed by atoms with van der Waals surface area (Å²) >= 11 is 5.95. The molecular weight excluding hydrogens is 274 g/mol. The van der Waals surface area contributed by atoms with Crippen molar-refractivity contribution in [1.82, 2.24) is 14.1 Å². The van der Waals surface area contributed by atoms with Gasteiger partial charge in [0.05, 0.1) is 0 Å². The fraction of sp³-hybridized carbons (Fsp3) is 0.364. The number of hydrogen-bond acceptors (Lipinski definition) is 3. The molecule has 1 N–H and O–H groups in total. The fourth-order valence-electron chi connectivity index (χ4n) is 1.99. The zero-order valence-corrected chi connectivity index (χ0v) is 11.1. The van der Waals surface area contributed by atoms with E-state index in [-0.39, 0.29) is 16.2 Å². The third-order valence-electron chi connectivity index (χ3n) is 3.13. The number of pyridine rings is 1. The van der Waals surface area contributed by atoms with E-state index in [1.807, 2.05) is 0 Å². The second-order valence-corrected chi connectivity index (χ2v) is 6.37. The molecule has 0 atom stereocenters. The molecule has 2 aromatic heterocycles. The summed E-state index contributed by atoms with van der Waals surface area (Å²) in [5.41, 5.74) is 0.525. The molecule has 3 rings (SSSR count). The van der Waals surface area contributed by atoms with Gasteiger partial charge in [0, 0.05) is 12.2 Å². The lowest BCUT2D eigenvalue weighted by atomic mass is 9.94. The Morgan fingerprint density at radius 3 is 2.83 bits per heavy atom. The first-order chi connectivity index (χ1) is 8.58. The van der Waals surface area contributed by atoms with E-state index >= 15 is 0 Å². The monoisotopic (exact) mass is 285 g/mol. The summed E-state index contributed by atoms with van der Waals surface area (Å²) in [5.74, 6) is 0. The summed E-state index contributed by atoms with van der Waals surface area (Å²) in [5, 5.41) is 0.0275. The summed E-state index contributed by atoms with van der Waals surface area (Å²) in [6, 6.07) is 5.27. The predicted molar refractivity (Wildman–Crippen MR) is 68.2 cm³/mol. The van der Waals surface area contributed by atoms with Crippen LogP contribution in [0.25, 0.3) is 5.65 Å². The number of rotatable bonds is 3. The summed E-state index contributed by atoms with van der Waals surface area (Å²) < 4.78 is 28.7. The number of imidazole rings is 1. The SMILES string of the molecule is O=S(=O)(NC1CCC1)c1c(Cl)nc2ccccn12. The van der Waals surface area contributed by atoms with Crippen LogP contribution in [-0.2, 0) is 10.0 Å². The summed E-state index contributed by atoms with van der Waals surface area (Å²) in [6.07, 6.45) is 4.47. The molecule has 0 radical (unpaired) electrons. The maximum Gasteiger partial charge on any atom is 0.260 e. The van der Waals surface area contributed by atoms with Gasteiger partial charge in [-0.05, 0) is 25.0 Å². The van der Waals surface area contributed by atoms with Crippen LogP contribution in [0.3, 0.4) is 0 Å². The van der Waals surface area contributed by atoms with E-state index in [0.29, 0.717) is 5.65 Å². The van der Waals surface area contributed by atoms with Crippen LogP contribution in [0.4, 0.5) is 0 Å². The van der Waals surface area contributed by atoms with Gasteiger partial charge >= 0.3 is 0 Å². The first kappa shape index (κ1) is 12.0. The predicted octanol–water partition coefficient (Wildman–Crippen LogP) is 1.82. The Bertz CT molecular complexity index is 691. The Morgan fingerprint density at radius 2 is 2.17 bits per heavy atom. The van der Waals surface area contributed by atoms with E-state index < -0.39 is 10.0 Å². The van der Waals surface area contributed by atoms with Crippen molar-refractivity contribution in [2.45, 2.75) is 30.3 Å². The highest BCUT2D eigenvalue weighted by atomic mass is 35.5. The average Bonchev–Trinajstić information content (AvgIpc) is 2.60. The molecule has 5 nitrogen and oxygen atoms in total. The Kier molecular flexibility index (Phi) is 2.80. The van der Waals surface area contributed by atoms with E-state index in [4.69, 9.17) is 11.6 Å². The highest BCUT2D eigenvalue weighted by Crippen LogP contribution is 2.25. The third kappa shape index (κ3) is 1.90. The van der Waals surface area contributed by atoms with Gasteiger partial charge in [0.15, 0.2) is 10.2 Å². The third-order valence-corrected chi connectivity index (χ3v) is 5.05. The van der Waals surface area contributed by atoms with Crippen molar-refractivity contribution in [2.24, 2.45) is 0 Å². The molecule has 0 bridgehead atoms. The second kappa shape index (κ2) is 4.22. The van der Waals surface area contributed by atoms with Crippen LogP contribution in [-0.4, -0.2) is 23.8 Å². The van der Waals surface area contributed by atoms with Crippen LogP contribution in [0.15, 0.2) is 29.4 Å². The molecule has 1 aliphatic rings. The van der Waals surface area contributed by atoms with Gasteiger partial charge in [-0.2, -0.15) is 0 Å².